The van der Waals surface area contributed by atoms with Crippen molar-refractivity contribution >= 4 is 21.6 Å². The van der Waals surface area contributed by atoms with Gasteiger partial charge in [0.05, 0.1) is 28.9 Å². The average Bonchev–Trinajstić information content (AvgIpc) is 3.00. The molecule has 1 atom stereocenters. The van der Waals surface area contributed by atoms with E-state index in [2.05, 4.69) is 0 Å². The summed E-state index contributed by atoms with van der Waals surface area (Å²) in [5, 5.41) is 0. The maximum Gasteiger partial charge on any atom is 0.339 e. The van der Waals surface area contributed by atoms with Crippen molar-refractivity contribution in [2.75, 3.05) is 26.1 Å². The fraction of sp³-hybridized carbons (Fsp3) is 0.429. The third kappa shape index (κ3) is 4.94. The first-order valence-corrected chi connectivity index (χ1v) is 11.0. The predicted octanol–water partition coefficient (Wildman–Crippen LogP) is 3.15. The minimum absolute atomic E-state index is 0.0511. The van der Waals surface area contributed by atoms with Gasteiger partial charge < -0.3 is 14.0 Å². The predicted molar refractivity (Wildman–Crippen MR) is 109 cm³/mol. The van der Waals surface area contributed by atoms with E-state index in [0.29, 0.717) is 12.2 Å². The fourth-order valence-electron chi connectivity index (χ4n) is 3.40. The first kappa shape index (κ1) is 22.8. The van der Waals surface area contributed by atoms with Gasteiger partial charge in [-0.3, -0.25) is 4.79 Å². The number of hydrogen-bond acceptors (Lipinski definition) is 6. The van der Waals surface area contributed by atoms with Gasteiger partial charge in [-0.15, -0.1) is 0 Å². The van der Waals surface area contributed by atoms with E-state index >= 15 is 0 Å². The summed E-state index contributed by atoms with van der Waals surface area (Å²) in [6.07, 6.45) is 0. The van der Waals surface area contributed by atoms with Crippen LogP contribution in [0.5, 0.6) is 0 Å². The van der Waals surface area contributed by atoms with Crippen LogP contribution in [0, 0.1) is 13.8 Å². The normalized spacial score (nSPS) is 12.6. The molecule has 158 valence electrons. The third-order valence-electron chi connectivity index (χ3n) is 4.79. The molecule has 2 rings (SSSR count). The second-order valence-corrected chi connectivity index (χ2v) is 9.10. The first-order chi connectivity index (χ1) is 13.6. The van der Waals surface area contributed by atoms with Gasteiger partial charge in [-0.05, 0) is 39.0 Å². The Balaban J connectivity index is 2.19. The van der Waals surface area contributed by atoms with Crippen molar-refractivity contribution in [2.24, 2.45) is 0 Å². The molecule has 0 spiro atoms. The lowest BCUT2D eigenvalue weighted by Crippen LogP contribution is -2.18. The number of ketones is 1. The van der Waals surface area contributed by atoms with E-state index in [0.717, 1.165) is 11.4 Å². The number of Topliss-reactive ketones (excluding diaryl/α,β-unsaturated/α-hetero) is 1. The Morgan fingerprint density at radius 3 is 2.41 bits per heavy atom. The van der Waals surface area contributed by atoms with Gasteiger partial charge in [0.2, 0.25) is 5.78 Å². The van der Waals surface area contributed by atoms with E-state index in [-0.39, 0.29) is 28.0 Å². The number of carbonyl (C=O) groups is 2. The fourth-order valence-corrected chi connectivity index (χ4v) is 4.49. The summed E-state index contributed by atoms with van der Waals surface area (Å²) < 4.78 is 36.7. The molecule has 0 aliphatic rings. The van der Waals surface area contributed by atoms with Crippen LogP contribution < -0.4 is 0 Å². The van der Waals surface area contributed by atoms with Crippen molar-refractivity contribution in [3.05, 3.63) is 52.8 Å². The molecule has 0 bridgehead atoms. The van der Waals surface area contributed by atoms with Crippen LogP contribution in [0.1, 0.15) is 52.0 Å². The zero-order valence-corrected chi connectivity index (χ0v) is 18.2. The molecular weight excluding hydrogens is 394 g/mol. The van der Waals surface area contributed by atoms with Crippen LogP contribution in [0.15, 0.2) is 35.2 Å². The molecule has 0 unspecified atom stereocenters. The largest absolute Gasteiger partial charge is 0.454 e. The Hall–Kier alpha value is -2.45. The average molecular weight is 422 g/mol. The maximum absolute atomic E-state index is 12.6. The van der Waals surface area contributed by atoms with Gasteiger partial charge in [0.15, 0.2) is 16.4 Å². The van der Waals surface area contributed by atoms with E-state index in [1.54, 1.807) is 25.3 Å². The SMILES string of the molecule is CCS(=O)(=O)c1ccccc1C(=O)OCC(=O)c1cc(C)n([C@H](C)COC)c1C. The minimum atomic E-state index is -3.59. The van der Waals surface area contributed by atoms with Crippen molar-refractivity contribution in [2.45, 2.75) is 38.6 Å². The van der Waals surface area contributed by atoms with E-state index in [9.17, 15) is 18.0 Å². The van der Waals surface area contributed by atoms with Crippen molar-refractivity contribution in [3.8, 4) is 0 Å². The number of sulfone groups is 1. The molecule has 0 aliphatic carbocycles. The lowest BCUT2D eigenvalue weighted by molar-refractivity contribution is 0.0470. The van der Waals surface area contributed by atoms with Crippen LogP contribution in [0.2, 0.25) is 0 Å². The molecule has 0 radical (unpaired) electrons. The van der Waals surface area contributed by atoms with Gasteiger partial charge >= 0.3 is 5.97 Å². The van der Waals surface area contributed by atoms with Crippen LogP contribution in [0.4, 0.5) is 0 Å². The van der Waals surface area contributed by atoms with E-state index < -0.39 is 22.4 Å². The second kappa shape index (κ2) is 9.37. The number of carbonyl (C=O) groups excluding carboxylic acids is 2. The monoisotopic (exact) mass is 421 g/mol. The number of esters is 1. The standard InChI is InChI=1S/C21H27NO6S/c1-6-29(25,26)20-10-8-7-9-17(20)21(24)28-13-19(23)18-11-14(2)22(16(18)4)15(3)12-27-5/h7-11,15H,6,12-13H2,1-5H3/t15-/m1/s1. The van der Waals surface area contributed by atoms with Gasteiger partial charge in [-0.1, -0.05) is 19.1 Å². The molecule has 29 heavy (non-hydrogen) atoms. The molecule has 0 saturated heterocycles. The lowest BCUT2D eigenvalue weighted by Gasteiger charge is -2.17. The number of benzene rings is 1. The van der Waals surface area contributed by atoms with Gasteiger partial charge in [0.1, 0.15) is 0 Å². The summed E-state index contributed by atoms with van der Waals surface area (Å²) in [7, 11) is -1.97. The number of aryl methyl sites for hydroxylation is 1. The Kier molecular flexibility index (Phi) is 7.37. The number of rotatable bonds is 9. The molecule has 8 heteroatoms. The van der Waals surface area contributed by atoms with Crippen molar-refractivity contribution in [1.29, 1.82) is 0 Å². The summed E-state index contributed by atoms with van der Waals surface area (Å²) in [4.78, 5) is 25.0. The molecular formula is C21H27NO6S. The van der Waals surface area contributed by atoms with Crippen molar-refractivity contribution < 1.29 is 27.5 Å². The molecule has 0 aliphatic heterocycles. The number of nitrogens with zero attached hydrogens (tertiary/aromatic N) is 1. The number of methoxy groups -OCH3 is 1. The van der Waals surface area contributed by atoms with Crippen LogP contribution in [0.25, 0.3) is 0 Å². The van der Waals surface area contributed by atoms with E-state index in [4.69, 9.17) is 9.47 Å². The summed E-state index contributed by atoms with van der Waals surface area (Å²) in [5.41, 5.74) is 2.07. The summed E-state index contributed by atoms with van der Waals surface area (Å²) in [6, 6.07) is 7.65. The highest BCUT2D eigenvalue weighted by Gasteiger charge is 2.24. The number of aromatic nitrogens is 1. The molecule has 1 aromatic heterocycles. The molecule has 2 aromatic rings. The van der Waals surface area contributed by atoms with Crippen LogP contribution in [0.3, 0.4) is 0 Å². The number of ether oxygens (including phenoxy) is 2. The van der Waals surface area contributed by atoms with Crippen molar-refractivity contribution in [3.63, 3.8) is 0 Å². The third-order valence-corrected chi connectivity index (χ3v) is 6.58. The molecule has 0 fully saturated rings. The summed E-state index contributed by atoms with van der Waals surface area (Å²) >= 11 is 0. The Bertz CT molecular complexity index is 1010. The van der Waals surface area contributed by atoms with Crippen LogP contribution >= 0.6 is 0 Å². The van der Waals surface area contributed by atoms with Gasteiger partial charge in [-0.2, -0.15) is 0 Å². The summed E-state index contributed by atoms with van der Waals surface area (Å²) in [5.74, 6) is -1.33. The quantitative estimate of drug-likeness (QED) is 0.456. The summed E-state index contributed by atoms with van der Waals surface area (Å²) in [6.45, 7) is 7.25. The minimum Gasteiger partial charge on any atom is -0.454 e. The number of hydrogen-bond donors (Lipinski definition) is 0. The Morgan fingerprint density at radius 2 is 1.79 bits per heavy atom. The van der Waals surface area contributed by atoms with E-state index in [1.807, 2.05) is 25.3 Å². The highest BCUT2D eigenvalue weighted by atomic mass is 32.2. The highest BCUT2D eigenvalue weighted by Crippen LogP contribution is 2.22. The van der Waals surface area contributed by atoms with E-state index in [1.165, 1.54) is 19.1 Å². The molecule has 1 heterocycles. The molecule has 1 aromatic carbocycles. The lowest BCUT2D eigenvalue weighted by atomic mass is 10.1. The first-order valence-electron chi connectivity index (χ1n) is 9.33. The second-order valence-electron chi connectivity index (χ2n) is 6.86. The molecule has 0 N–H and O–H groups in total. The van der Waals surface area contributed by atoms with Crippen molar-refractivity contribution in [1.82, 2.24) is 4.57 Å². The molecule has 0 amide bonds. The smallest absolute Gasteiger partial charge is 0.339 e. The van der Waals surface area contributed by atoms with Crippen LogP contribution in [-0.2, 0) is 19.3 Å². The van der Waals surface area contributed by atoms with Gasteiger partial charge in [-0.25, -0.2) is 13.2 Å². The maximum atomic E-state index is 12.6. The zero-order chi connectivity index (χ0) is 21.8. The molecule has 7 nitrogen and oxygen atoms in total. The Labute approximate surface area is 171 Å². The van der Waals surface area contributed by atoms with Gasteiger partial charge in [0, 0.05) is 24.1 Å². The van der Waals surface area contributed by atoms with Gasteiger partial charge in [0.25, 0.3) is 0 Å². The highest BCUT2D eigenvalue weighted by molar-refractivity contribution is 7.91. The Morgan fingerprint density at radius 1 is 1.14 bits per heavy atom. The topological polar surface area (TPSA) is 91.7 Å². The zero-order valence-electron chi connectivity index (χ0n) is 17.4. The van der Waals surface area contributed by atoms with Crippen LogP contribution in [-0.4, -0.2) is 50.8 Å². The molecule has 0 saturated carbocycles.